The fraction of sp³-hybridized carbons (Fsp3) is 0.357. The largest absolute Gasteiger partial charge is 0.375 e. The Labute approximate surface area is 111 Å². The summed E-state index contributed by atoms with van der Waals surface area (Å²) in [4.78, 5) is 7.04. The normalized spacial score (nSPS) is 20.1. The minimum Gasteiger partial charge on any atom is -0.375 e. The number of anilines is 1. The van der Waals surface area contributed by atoms with Crippen molar-refractivity contribution in [2.75, 3.05) is 24.6 Å². The predicted molar refractivity (Wildman–Crippen MR) is 75.2 cm³/mol. The third-order valence-electron chi connectivity index (χ3n) is 3.07. The van der Waals surface area contributed by atoms with Crippen LogP contribution in [0, 0.1) is 0 Å². The highest BCUT2D eigenvalue weighted by atomic mass is 32.1. The Morgan fingerprint density at radius 2 is 2.17 bits per heavy atom. The summed E-state index contributed by atoms with van der Waals surface area (Å²) in [6.45, 7) is 4.77. The Kier molecular flexibility index (Phi) is 3.30. The molecule has 0 N–H and O–H groups in total. The van der Waals surface area contributed by atoms with E-state index >= 15 is 0 Å². The number of hydrogen-bond acceptors (Lipinski definition) is 4. The van der Waals surface area contributed by atoms with Crippen molar-refractivity contribution >= 4 is 16.5 Å². The third kappa shape index (κ3) is 2.40. The highest BCUT2D eigenvalue weighted by molar-refractivity contribution is 7.14. The van der Waals surface area contributed by atoms with Crippen molar-refractivity contribution in [2.24, 2.45) is 0 Å². The summed E-state index contributed by atoms with van der Waals surface area (Å²) < 4.78 is 5.56. The molecule has 0 spiro atoms. The van der Waals surface area contributed by atoms with Gasteiger partial charge in [0, 0.05) is 24.0 Å². The second-order valence-corrected chi connectivity index (χ2v) is 5.35. The number of ether oxygens (including phenoxy) is 1. The molecular formula is C14H16N2OS. The zero-order chi connectivity index (χ0) is 12.4. The molecule has 18 heavy (non-hydrogen) atoms. The van der Waals surface area contributed by atoms with E-state index in [2.05, 4.69) is 29.3 Å². The molecule has 1 unspecified atom stereocenters. The van der Waals surface area contributed by atoms with Gasteiger partial charge in [-0.3, -0.25) is 0 Å². The van der Waals surface area contributed by atoms with E-state index in [1.165, 1.54) is 5.56 Å². The Balaban J connectivity index is 1.81. The van der Waals surface area contributed by atoms with Gasteiger partial charge in [-0.1, -0.05) is 30.3 Å². The van der Waals surface area contributed by atoms with Crippen LogP contribution in [0.1, 0.15) is 6.92 Å². The van der Waals surface area contributed by atoms with Gasteiger partial charge in [0.25, 0.3) is 0 Å². The molecule has 0 saturated carbocycles. The van der Waals surface area contributed by atoms with Gasteiger partial charge in [-0.2, -0.15) is 0 Å². The molecule has 2 aromatic rings. The second-order valence-electron chi connectivity index (χ2n) is 4.51. The second kappa shape index (κ2) is 5.08. The number of thiazole rings is 1. The molecule has 1 atom stereocenters. The van der Waals surface area contributed by atoms with E-state index < -0.39 is 0 Å². The van der Waals surface area contributed by atoms with Crippen molar-refractivity contribution in [2.45, 2.75) is 13.0 Å². The van der Waals surface area contributed by atoms with E-state index in [0.29, 0.717) is 6.10 Å². The average Bonchev–Trinajstić information content (AvgIpc) is 2.89. The number of rotatable bonds is 2. The number of morpholine rings is 1. The van der Waals surface area contributed by atoms with Gasteiger partial charge >= 0.3 is 0 Å². The Bertz CT molecular complexity index is 512. The number of nitrogens with zero attached hydrogens (tertiary/aromatic N) is 2. The average molecular weight is 260 g/mol. The highest BCUT2D eigenvalue weighted by Gasteiger charge is 2.19. The first kappa shape index (κ1) is 11.7. The van der Waals surface area contributed by atoms with E-state index in [4.69, 9.17) is 9.72 Å². The van der Waals surface area contributed by atoms with E-state index in [9.17, 15) is 0 Å². The first-order chi connectivity index (χ1) is 8.83. The number of aromatic nitrogens is 1. The van der Waals surface area contributed by atoms with Crippen molar-refractivity contribution in [1.82, 2.24) is 4.98 Å². The first-order valence-corrected chi connectivity index (χ1v) is 7.08. The molecule has 1 aromatic carbocycles. The van der Waals surface area contributed by atoms with Crippen LogP contribution >= 0.6 is 11.3 Å². The molecule has 3 nitrogen and oxygen atoms in total. The molecule has 0 bridgehead atoms. The summed E-state index contributed by atoms with van der Waals surface area (Å²) >= 11 is 1.71. The van der Waals surface area contributed by atoms with Crippen LogP contribution in [-0.2, 0) is 4.74 Å². The summed E-state index contributed by atoms with van der Waals surface area (Å²) in [6.07, 6.45) is 0.294. The van der Waals surface area contributed by atoms with Gasteiger partial charge in [0.15, 0.2) is 5.13 Å². The molecule has 1 aliphatic rings. The summed E-state index contributed by atoms with van der Waals surface area (Å²) in [7, 11) is 0. The van der Waals surface area contributed by atoms with Gasteiger partial charge in [-0.25, -0.2) is 4.98 Å². The molecule has 3 rings (SSSR count). The lowest BCUT2D eigenvalue weighted by molar-refractivity contribution is 0.0532. The van der Waals surface area contributed by atoms with Crippen LogP contribution in [0.25, 0.3) is 11.3 Å². The topological polar surface area (TPSA) is 25.4 Å². The zero-order valence-electron chi connectivity index (χ0n) is 10.4. The molecule has 4 heteroatoms. The van der Waals surface area contributed by atoms with E-state index in [0.717, 1.165) is 30.5 Å². The van der Waals surface area contributed by atoms with Crippen LogP contribution in [-0.4, -0.2) is 30.8 Å². The lowest BCUT2D eigenvalue weighted by atomic mass is 10.2. The third-order valence-corrected chi connectivity index (χ3v) is 3.97. The Hall–Kier alpha value is -1.39. The predicted octanol–water partition coefficient (Wildman–Crippen LogP) is 3.04. The van der Waals surface area contributed by atoms with E-state index in [1.54, 1.807) is 11.3 Å². The summed E-state index contributed by atoms with van der Waals surface area (Å²) in [5, 5.41) is 3.23. The fourth-order valence-electron chi connectivity index (χ4n) is 2.14. The van der Waals surface area contributed by atoms with Gasteiger partial charge in [-0.15, -0.1) is 11.3 Å². The summed E-state index contributed by atoms with van der Waals surface area (Å²) in [6, 6.07) is 10.3. The van der Waals surface area contributed by atoms with Crippen molar-refractivity contribution in [3.05, 3.63) is 35.7 Å². The molecule has 2 heterocycles. The lowest BCUT2D eigenvalue weighted by Gasteiger charge is -2.30. The number of hydrogen-bond donors (Lipinski definition) is 0. The summed E-state index contributed by atoms with van der Waals surface area (Å²) in [5.74, 6) is 0. The Morgan fingerprint density at radius 1 is 1.33 bits per heavy atom. The van der Waals surface area contributed by atoms with E-state index in [-0.39, 0.29) is 0 Å². The van der Waals surface area contributed by atoms with Crippen LogP contribution in [0.3, 0.4) is 0 Å². The van der Waals surface area contributed by atoms with Crippen molar-refractivity contribution in [3.63, 3.8) is 0 Å². The minimum absolute atomic E-state index is 0.294. The smallest absolute Gasteiger partial charge is 0.186 e. The molecule has 1 fully saturated rings. The maximum absolute atomic E-state index is 5.56. The minimum atomic E-state index is 0.294. The van der Waals surface area contributed by atoms with Gasteiger partial charge < -0.3 is 9.64 Å². The molecular weight excluding hydrogens is 244 g/mol. The van der Waals surface area contributed by atoms with Crippen molar-refractivity contribution < 1.29 is 4.74 Å². The van der Waals surface area contributed by atoms with Crippen LogP contribution in [0.5, 0.6) is 0 Å². The standard InChI is InChI=1S/C14H16N2OS/c1-11-9-16(7-8-17-11)14-15-13(10-18-14)12-5-3-2-4-6-12/h2-6,10-11H,7-9H2,1H3. The molecule has 1 aromatic heterocycles. The lowest BCUT2D eigenvalue weighted by Crippen LogP contribution is -2.41. The van der Waals surface area contributed by atoms with Crippen LogP contribution < -0.4 is 4.90 Å². The fourth-order valence-corrected chi connectivity index (χ4v) is 3.01. The molecule has 94 valence electrons. The molecule has 0 aliphatic carbocycles. The SMILES string of the molecule is CC1CN(c2nc(-c3ccccc3)cs2)CCO1. The van der Waals surface area contributed by atoms with Gasteiger partial charge in [0.1, 0.15) is 0 Å². The van der Waals surface area contributed by atoms with Crippen molar-refractivity contribution in [1.29, 1.82) is 0 Å². The first-order valence-electron chi connectivity index (χ1n) is 6.20. The van der Waals surface area contributed by atoms with Crippen LogP contribution in [0.4, 0.5) is 5.13 Å². The zero-order valence-corrected chi connectivity index (χ0v) is 11.2. The number of benzene rings is 1. The maximum atomic E-state index is 5.56. The molecule has 0 radical (unpaired) electrons. The van der Waals surface area contributed by atoms with Crippen molar-refractivity contribution in [3.8, 4) is 11.3 Å². The van der Waals surface area contributed by atoms with Gasteiger partial charge in [-0.05, 0) is 6.92 Å². The molecule has 1 aliphatic heterocycles. The van der Waals surface area contributed by atoms with E-state index in [1.807, 2.05) is 18.2 Å². The van der Waals surface area contributed by atoms with Gasteiger partial charge in [0.05, 0.1) is 18.4 Å². The molecule has 1 saturated heterocycles. The van der Waals surface area contributed by atoms with Gasteiger partial charge in [0.2, 0.25) is 0 Å². The van der Waals surface area contributed by atoms with Crippen LogP contribution in [0.2, 0.25) is 0 Å². The maximum Gasteiger partial charge on any atom is 0.186 e. The quantitative estimate of drug-likeness (QED) is 0.830. The molecule has 0 amide bonds. The highest BCUT2D eigenvalue weighted by Crippen LogP contribution is 2.28. The summed E-state index contributed by atoms with van der Waals surface area (Å²) in [5.41, 5.74) is 2.25. The monoisotopic (exact) mass is 260 g/mol. The van der Waals surface area contributed by atoms with Crippen LogP contribution in [0.15, 0.2) is 35.7 Å². The Morgan fingerprint density at radius 3 is 2.94 bits per heavy atom.